The number of rotatable bonds is 11. The first kappa shape index (κ1) is 28.9. The van der Waals surface area contributed by atoms with Crippen molar-refractivity contribution < 1.29 is 23.9 Å². The molecule has 1 aromatic heterocycles. The molecule has 40 heavy (non-hydrogen) atoms. The fraction of sp³-hybridized carbons (Fsp3) is 0.379. The number of aromatic nitrogens is 1. The van der Waals surface area contributed by atoms with Crippen molar-refractivity contribution in [3.63, 3.8) is 0 Å². The van der Waals surface area contributed by atoms with Gasteiger partial charge in [-0.25, -0.2) is 0 Å². The topological polar surface area (TPSA) is 150 Å². The number of nitrogen functional groups attached to an aromatic ring is 1. The number of methoxy groups -OCH3 is 2. The van der Waals surface area contributed by atoms with Crippen LogP contribution in [0.25, 0.3) is 0 Å². The number of nitrogens with one attached hydrogen (secondary N) is 1. The van der Waals surface area contributed by atoms with Crippen molar-refractivity contribution in [3.05, 3.63) is 69.7 Å². The van der Waals surface area contributed by atoms with Crippen LogP contribution in [0.5, 0.6) is 11.5 Å². The average molecular weight is 566 g/mol. The highest BCUT2D eigenvalue weighted by molar-refractivity contribution is 7.09. The molecule has 1 aliphatic carbocycles. The monoisotopic (exact) mass is 565 g/mol. The van der Waals surface area contributed by atoms with Crippen molar-refractivity contribution >= 4 is 34.9 Å². The maximum absolute atomic E-state index is 14.2. The number of amides is 3. The standard InChI is InChI=1S/C29H35N5O5S/c1-17-8-4-5-9-18(17)14-15-34(29(37)26-23(30)24(27(31)35)33-40-26)25(28(36)32-20-10-6-7-11-20)19-12-13-21(38-2)22(16-19)39-3/h4-5,8-9,12-13,16,20,25H,6-7,10-11,14-15,30H2,1-3H3,(H2,31,35)(H,32,36)/t25-/m1/s1. The molecule has 1 saturated carbocycles. The number of nitrogens with zero attached hydrogens (tertiary/aromatic N) is 2. The molecule has 3 amide bonds. The third kappa shape index (κ3) is 6.20. The van der Waals surface area contributed by atoms with Crippen LogP contribution in [-0.4, -0.2) is 53.8 Å². The van der Waals surface area contributed by atoms with E-state index in [1.165, 1.54) is 19.1 Å². The molecule has 0 bridgehead atoms. The molecule has 0 unspecified atom stereocenters. The summed E-state index contributed by atoms with van der Waals surface area (Å²) in [6, 6.07) is 12.1. The molecule has 1 fully saturated rings. The molecular weight excluding hydrogens is 530 g/mol. The molecule has 0 radical (unpaired) electrons. The SMILES string of the molecule is COc1ccc([C@H](C(=O)NC2CCCC2)N(CCc2ccccc2C)C(=O)c2snc(C(N)=O)c2N)cc1OC. The van der Waals surface area contributed by atoms with Crippen molar-refractivity contribution in [2.24, 2.45) is 5.73 Å². The summed E-state index contributed by atoms with van der Waals surface area (Å²) in [6.07, 6.45) is 4.32. The summed E-state index contributed by atoms with van der Waals surface area (Å²) < 4.78 is 14.9. The predicted octanol–water partition coefficient (Wildman–Crippen LogP) is 3.63. The maximum Gasteiger partial charge on any atom is 0.270 e. The highest BCUT2D eigenvalue weighted by atomic mass is 32.1. The summed E-state index contributed by atoms with van der Waals surface area (Å²) >= 11 is 0.793. The van der Waals surface area contributed by atoms with Gasteiger partial charge in [-0.1, -0.05) is 43.2 Å². The fourth-order valence-electron chi connectivity index (χ4n) is 5.08. The summed E-state index contributed by atoms with van der Waals surface area (Å²) in [6.45, 7) is 2.20. The summed E-state index contributed by atoms with van der Waals surface area (Å²) in [4.78, 5) is 41.6. The largest absolute Gasteiger partial charge is 0.493 e. The Morgan fingerprint density at radius 1 is 1.10 bits per heavy atom. The van der Waals surface area contributed by atoms with E-state index < -0.39 is 17.9 Å². The normalized spacial score (nSPS) is 14.0. The molecule has 212 valence electrons. The van der Waals surface area contributed by atoms with Crippen molar-refractivity contribution in [1.29, 1.82) is 0 Å². The molecule has 11 heteroatoms. The number of carbonyl (C=O) groups is 3. The Balaban J connectivity index is 1.81. The van der Waals surface area contributed by atoms with E-state index in [4.69, 9.17) is 20.9 Å². The van der Waals surface area contributed by atoms with E-state index in [-0.39, 0.29) is 34.8 Å². The molecule has 3 aromatic rings. The first-order chi connectivity index (χ1) is 19.2. The molecule has 4 rings (SSSR count). The van der Waals surface area contributed by atoms with E-state index in [2.05, 4.69) is 9.69 Å². The number of nitrogens with two attached hydrogens (primary N) is 2. The number of anilines is 1. The second-order valence-electron chi connectivity index (χ2n) is 9.82. The Kier molecular flexibility index (Phi) is 9.26. The Morgan fingerprint density at radius 3 is 2.42 bits per heavy atom. The van der Waals surface area contributed by atoms with Crippen LogP contribution in [0.1, 0.15) is 68.6 Å². The third-order valence-electron chi connectivity index (χ3n) is 7.28. The Hall–Kier alpha value is -4.12. The smallest absolute Gasteiger partial charge is 0.270 e. The van der Waals surface area contributed by atoms with Gasteiger partial charge in [0.1, 0.15) is 10.9 Å². The number of hydrogen-bond donors (Lipinski definition) is 3. The zero-order chi connectivity index (χ0) is 28.8. The zero-order valence-electron chi connectivity index (χ0n) is 22.9. The van der Waals surface area contributed by atoms with Crippen LogP contribution in [-0.2, 0) is 11.2 Å². The summed E-state index contributed by atoms with van der Waals surface area (Å²) in [5.41, 5.74) is 14.0. The van der Waals surface area contributed by atoms with Gasteiger partial charge in [0, 0.05) is 12.6 Å². The lowest BCUT2D eigenvalue weighted by molar-refractivity contribution is -0.126. The van der Waals surface area contributed by atoms with Gasteiger partial charge in [0.25, 0.3) is 11.8 Å². The van der Waals surface area contributed by atoms with Gasteiger partial charge >= 0.3 is 0 Å². The minimum Gasteiger partial charge on any atom is -0.493 e. The van der Waals surface area contributed by atoms with Gasteiger partial charge in [-0.05, 0) is 66.5 Å². The van der Waals surface area contributed by atoms with Gasteiger partial charge in [0.05, 0.1) is 19.9 Å². The first-order valence-corrected chi connectivity index (χ1v) is 13.9. The van der Waals surface area contributed by atoms with Gasteiger partial charge in [-0.3, -0.25) is 14.4 Å². The number of ether oxygens (including phenoxy) is 2. The molecule has 0 saturated heterocycles. The molecule has 1 heterocycles. The number of benzene rings is 2. The van der Waals surface area contributed by atoms with Gasteiger partial charge in [0.2, 0.25) is 5.91 Å². The van der Waals surface area contributed by atoms with Crippen molar-refractivity contribution in [3.8, 4) is 11.5 Å². The average Bonchev–Trinajstić information content (AvgIpc) is 3.60. The lowest BCUT2D eigenvalue weighted by Gasteiger charge is -2.32. The van der Waals surface area contributed by atoms with Crippen LogP contribution >= 0.6 is 11.5 Å². The fourth-order valence-corrected chi connectivity index (χ4v) is 5.85. The molecule has 1 atom stereocenters. The molecule has 2 aromatic carbocycles. The lowest BCUT2D eigenvalue weighted by Crippen LogP contribution is -2.46. The predicted molar refractivity (Wildman–Crippen MR) is 154 cm³/mol. The van der Waals surface area contributed by atoms with Gasteiger partial charge in [0.15, 0.2) is 17.2 Å². The van der Waals surface area contributed by atoms with Crippen LogP contribution in [0.4, 0.5) is 5.69 Å². The zero-order valence-corrected chi connectivity index (χ0v) is 23.8. The van der Waals surface area contributed by atoms with Gasteiger partial charge in [-0.2, -0.15) is 4.37 Å². The van der Waals surface area contributed by atoms with Crippen LogP contribution in [0.3, 0.4) is 0 Å². The van der Waals surface area contributed by atoms with Crippen LogP contribution in [0.15, 0.2) is 42.5 Å². The van der Waals surface area contributed by atoms with E-state index in [1.54, 1.807) is 18.2 Å². The number of hydrogen-bond acceptors (Lipinski definition) is 8. The Morgan fingerprint density at radius 2 is 1.80 bits per heavy atom. The van der Waals surface area contributed by atoms with Gasteiger partial charge < -0.3 is 31.2 Å². The van der Waals surface area contributed by atoms with E-state index in [1.807, 2.05) is 31.2 Å². The van der Waals surface area contributed by atoms with Crippen molar-refractivity contribution in [1.82, 2.24) is 14.6 Å². The Labute approximate surface area is 237 Å². The van der Waals surface area contributed by atoms with Crippen molar-refractivity contribution in [2.75, 3.05) is 26.5 Å². The molecular formula is C29H35N5O5S. The summed E-state index contributed by atoms with van der Waals surface area (Å²) in [5, 5.41) is 3.16. The first-order valence-electron chi connectivity index (χ1n) is 13.2. The van der Waals surface area contributed by atoms with E-state index in [9.17, 15) is 14.4 Å². The minimum atomic E-state index is -1.02. The molecule has 0 aliphatic heterocycles. The van der Waals surface area contributed by atoms with E-state index >= 15 is 0 Å². The van der Waals surface area contributed by atoms with Crippen LogP contribution in [0, 0.1) is 6.92 Å². The van der Waals surface area contributed by atoms with Crippen LogP contribution in [0.2, 0.25) is 0 Å². The number of carbonyl (C=O) groups excluding carboxylic acids is 3. The van der Waals surface area contributed by atoms with Gasteiger partial charge in [-0.15, -0.1) is 0 Å². The summed E-state index contributed by atoms with van der Waals surface area (Å²) in [5.74, 6) is -0.724. The highest BCUT2D eigenvalue weighted by Crippen LogP contribution is 2.35. The third-order valence-corrected chi connectivity index (χ3v) is 8.14. The Bertz CT molecular complexity index is 1380. The molecule has 10 nitrogen and oxygen atoms in total. The van der Waals surface area contributed by atoms with Crippen LogP contribution < -0.4 is 26.3 Å². The van der Waals surface area contributed by atoms with E-state index in [0.717, 1.165) is 48.3 Å². The highest BCUT2D eigenvalue weighted by Gasteiger charge is 2.36. The molecule has 0 spiro atoms. The minimum absolute atomic E-state index is 0.0263. The molecule has 5 N–H and O–H groups in total. The summed E-state index contributed by atoms with van der Waals surface area (Å²) in [7, 11) is 3.04. The maximum atomic E-state index is 14.2. The van der Waals surface area contributed by atoms with Crippen molar-refractivity contribution in [2.45, 2.75) is 51.1 Å². The number of aryl methyl sites for hydroxylation is 1. The second-order valence-corrected chi connectivity index (χ2v) is 10.6. The quantitative estimate of drug-likeness (QED) is 0.321. The lowest BCUT2D eigenvalue weighted by atomic mass is 10.00. The molecule has 1 aliphatic rings. The number of primary amides is 1. The van der Waals surface area contributed by atoms with E-state index in [0.29, 0.717) is 23.5 Å². The second kappa shape index (κ2) is 12.8.